The fourth-order valence-electron chi connectivity index (χ4n) is 3.07. The number of rotatable bonds is 2. The molecule has 2 fully saturated rings. The van der Waals surface area contributed by atoms with Crippen molar-refractivity contribution in [2.75, 3.05) is 6.67 Å². The van der Waals surface area contributed by atoms with Gasteiger partial charge in [0.1, 0.15) is 0 Å². The van der Waals surface area contributed by atoms with Crippen LogP contribution < -0.4 is 5.32 Å². The Balaban J connectivity index is 1.95. The van der Waals surface area contributed by atoms with Gasteiger partial charge in [-0.05, 0) is 37.0 Å². The van der Waals surface area contributed by atoms with Crippen LogP contribution in [0.15, 0.2) is 0 Å². The van der Waals surface area contributed by atoms with Crippen LogP contribution in [-0.4, -0.2) is 29.6 Å². The second kappa shape index (κ2) is 4.60. The third kappa shape index (κ3) is 2.65. The molecule has 0 aromatic heterocycles. The van der Waals surface area contributed by atoms with Gasteiger partial charge < -0.3 is 4.90 Å². The summed E-state index contributed by atoms with van der Waals surface area (Å²) in [4.78, 5) is 14.4. The van der Waals surface area contributed by atoms with Crippen LogP contribution in [0.5, 0.6) is 0 Å². The van der Waals surface area contributed by atoms with Crippen LogP contribution in [0.4, 0.5) is 0 Å². The summed E-state index contributed by atoms with van der Waals surface area (Å²) in [5.74, 6) is 0.720. The molecular formula is C14H26N2O. The summed E-state index contributed by atoms with van der Waals surface area (Å²) in [5.41, 5.74) is 0.476. The maximum Gasteiger partial charge on any atom is 0.241 e. The van der Waals surface area contributed by atoms with Crippen molar-refractivity contribution in [1.29, 1.82) is 0 Å². The highest BCUT2D eigenvalue weighted by Crippen LogP contribution is 2.37. The molecule has 0 radical (unpaired) electrons. The second-order valence-corrected chi connectivity index (χ2v) is 6.79. The van der Waals surface area contributed by atoms with Crippen molar-refractivity contribution >= 4 is 5.91 Å². The van der Waals surface area contributed by atoms with E-state index in [0.29, 0.717) is 23.3 Å². The third-order valence-electron chi connectivity index (χ3n) is 4.45. The standard InChI is InChI=1S/C14H26N2O/c1-10(2)12-13(17)16(9-15-12)11-5-7-14(3,4)8-6-11/h10-12,15H,5-9H2,1-4H3. The summed E-state index contributed by atoms with van der Waals surface area (Å²) in [7, 11) is 0. The third-order valence-corrected chi connectivity index (χ3v) is 4.45. The molecule has 1 aliphatic heterocycles. The average molecular weight is 238 g/mol. The molecule has 0 spiro atoms. The molecule has 1 saturated carbocycles. The Hall–Kier alpha value is -0.570. The van der Waals surface area contributed by atoms with Crippen LogP contribution in [-0.2, 0) is 4.79 Å². The highest BCUT2D eigenvalue weighted by molar-refractivity contribution is 5.84. The van der Waals surface area contributed by atoms with Crippen molar-refractivity contribution in [2.45, 2.75) is 65.5 Å². The minimum Gasteiger partial charge on any atom is -0.326 e. The van der Waals surface area contributed by atoms with Gasteiger partial charge in [-0.15, -0.1) is 0 Å². The quantitative estimate of drug-likeness (QED) is 0.801. The average Bonchev–Trinajstić information content (AvgIpc) is 2.60. The largest absolute Gasteiger partial charge is 0.326 e. The van der Waals surface area contributed by atoms with Crippen molar-refractivity contribution in [3.63, 3.8) is 0 Å². The number of carbonyl (C=O) groups is 1. The molecule has 1 N–H and O–H groups in total. The topological polar surface area (TPSA) is 32.3 Å². The van der Waals surface area contributed by atoms with Gasteiger partial charge in [0.2, 0.25) is 5.91 Å². The Morgan fingerprint density at radius 1 is 1.29 bits per heavy atom. The van der Waals surface area contributed by atoms with Gasteiger partial charge in [0, 0.05) is 6.04 Å². The van der Waals surface area contributed by atoms with Crippen LogP contribution in [0.25, 0.3) is 0 Å². The van der Waals surface area contributed by atoms with E-state index in [1.54, 1.807) is 0 Å². The SMILES string of the molecule is CC(C)C1NCN(C2CCC(C)(C)CC2)C1=O. The predicted molar refractivity (Wildman–Crippen MR) is 69.5 cm³/mol. The van der Waals surface area contributed by atoms with Gasteiger partial charge in [-0.25, -0.2) is 0 Å². The van der Waals surface area contributed by atoms with Gasteiger partial charge in [0.15, 0.2) is 0 Å². The summed E-state index contributed by atoms with van der Waals surface area (Å²) in [5, 5.41) is 3.35. The Morgan fingerprint density at radius 2 is 1.88 bits per heavy atom. The Labute approximate surface area is 105 Å². The smallest absolute Gasteiger partial charge is 0.241 e. The zero-order valence-corrected chi connectivity index (χ0v) is 11.6. The first kappa shape index (κ1) is 12.9. The normalized spacial score (nSPS) is 30.3. The molecule has 1 unspecified atom stereocenters. The van der Waals surface area contributed by atoms with E-state index in [-0.39, 0.29) is 6.04 Å². The maximum atomic E-state index is 12.3. The van der Waals surface area contributed by atoms with E-state index in [0.717, 1.165) is 6.67 Å². The van der Waals surface area contributed by atoms with Crippen molar-refractivity contribution in [2.24, 2.45) is 11.3 Å². The van der Waals surface area contributed by atoms with Gasteiger partial charge in [-0.3, -0.25) is 10.1 Å². The van der Waals surface area contributed by atoms with Crippen LogP contribution in [0.3, 0.4) is 0 Å². The summed E-state index contributed by atoms with van der Waals surface area (Å²) in [6, 6.07) is 0.525. The van der Waals surface area contributed by atoms with Gasteiger partial charge in [0.05, 0.1) is 12.7 Å². The van der Waals surface area contributed by atoms with Crippen molar-refractivity contribution < 1.29 is 4.79 Å². The fourth-order valence-corrected chi connectivity index (χ4v) is 3.07. The Bertz CT molecular complexity index is 289. The molecular weight excluding hydrogens is 212 g/mol. The molecule has 2 rings (SSSR count). The zero-order chi connectivity index (χ0) is 12.6. The highest BCUT2D eigenvalue weighted by Gasteiger charge is 2.39. The molecule has 0 aromatic carbocycles. The van der Waals surface area contributed by atoms with E-state index in [4.69, 9.17) is 0 Å². The monoisotopic (exact) mass is 238 g/mol. The van der Waals surface area contributed by atoms with Crippen LogP contribution >= 0.6 is 0 Å². The number of hydrogen-bond donors (Lipinski definition) is 1. The first-order valence-electron chi connectivity index (χ1n) is 6.94. The minimum atomic E-state index is 0.0462. The number of nitrogens with zero attached hydrogens (tertiary/aromatic N) is 1. The van der Waals surface area contributed by atoms with Gasteiger partial charge in [-0.2, -0.15) is 0 Å². The molecule has 1 saturated heterocycles. The molecule has 1 atom stereocenters. The van der Waals surface area contributed by atoms with E-state index in [9.17, 15) is 4.79 Å². The lowest BCUT2D eigenvalue weighted by Crippen LogP contribution is -2.42. The van der Waals surface area contributed by atoms with Crippen molar-refractivity contribution in [3.05, 3.63) is 0 Å². The molecule has 3 nitrogen and oxygen atoms in total. The van der Waals surface area contributed by atoms with Crippen LogP contribution in [0, 0.1) is 11.3 Å². The van der Waals surface area contributed by atoms with Crippen LogP contribution in [0.2, 0.25) is 0 Å². The molecule has 0 aromatic rings. The summed E-state index contributed by atoms with van der Waals surface area (Å²) in [6.07, 6.45) is 4.83. The van der Waals surface area contributed by atoms with Crippen LogP contribution in [0.1, 0.15) is 53.4 Å². The lowest BCUT2D eigenvalue weighted by molar-refractivity contribution is -0.132. The van der Waals surface area contributed by atoms with Gasteiger partial charge in [-0.1, -0.05) is 27.7 Å². The van der Waals surface area contributed by atoms with Gasteiger partial charge in [0.25, 0.3) is 0 Å². The summed E-state index contributed by atoms with van der Waals surface area (Å²) >= 11 is 0. The van der Waals surface area contributed by atoms with Crippen molar-refractivity contribution in [3.8, 4) is 0 Å². The fraction of sp³-hybridized carbons (Fsp3) is 0.929. The zero-order valence-electron chi connectivity index (χ0n) is 11.6. The Kier molecular flexibility index (Phi) is 3.48. The first-order valence-corrected chi connectivity index (χ1v) is 6.94. The van der Waals surface area contributed by atoms with E-state index >= 15 is 0 Å². The summed E-state index contributed by atoms with van der Waals surface area (Å²) in [6.45, 7) is 9.66. The maximum absolute atomic E-state index is 12.3. The predicted octanol–water partition coefficient (Wildman–Crippen LogP) is 2.37. The number of nitrogens with one attached hydrogen (secondary N) is 1. The molecule has 0 bridgehead atoms. The lowest BCUT2D eigenvalue weighted by atomic mass is 9.75. The second-order valence-electron chi connectivity index (χ2n) is 6.79. The molecule has 17 heavy (non-hydrogen) atoms. The van der Waals surface area contributed by atoms with E-state index in [1.807, 2.05) is 0 Å². The van der Waals surface area contributed by atoms with E-state index in [2.05, 4.69) is 37.9 Å². The lowest BCUT2D eigenvalue weighted by Gasteiger charge is -2.38. The first-order chi connectivity index (χ1) is 7.91. The van der Waals surface area contributed by atoms with E-state index in [1.165, 1.54) is 25.7 Å². The molecule has 1 heterocycles. The van der Waals surface area contributed by atoms with Crippen molar-refractivity contribution in [1.82, 2.24) is 10.2 Å². The minimum absolute atomic E-state index is 0.0462. The number of carbonyl (C=O) groups excluding carboxylic acids is 1. The molecule has 2 aliphatic rings. The molecule has 3 heteroatoms. The number of hydrogen-bond acceptors (Lipinski definition) is 2. The molecule has 1 aliphatic carbocycles. The van der Waals surface area contributed by atoms with Gasteiger partial charge >= 0.3 is 0 Å². The Morgan fingerprint density at radius 3 is 2.35 bits per heavy atom. The molecule has 1 amide bonds. The number of amides is 1. The van der Waals surface area contributed by atoms with E-state index < -0.39 is 0 Å². The summed E-state index contributed by atoms with van der Waals surface area (Å²) < 4.78 is 0. The molecule has 98 valence electrons. The highest BCUT2D eigenvalue weighted by atomic mass is 16.2.